The van der Waals surface area contributed by atoms with E-state index in [4.69, 9.17) is 0 Å². The summed E-state index contributed by atoms with van der Waals surface area (Å²) in [6, 6.07) is 0.268. The van der Waals surface area contributed by atoms with E-state index in [-0.39, 0.29) is 12.6 Å². The van der Waals surface area contributed by atoms with E-state index in [1.54, 1.807) is 10.9 Å². The van der Waals surface area contributed by atoms with Gasteiger partial charge in [-0.1, -0.05) is 0 Å². The second kappa shape index (κ2) is 5.34. The number of alkyl halides is 3. The van der Waals surface area contributed by atoms with Gasteiger partial charge >= 0.3 is 6.18 Å². The highest BCUT2D eigenvalue weighted by Crippen LogP contribution is 2.18. The van der Waals surface area contributed by atoms with Crippen LogP contribution in [-0.2, 0) is 6.54 Å². The Morgan fingerprint density at radius 3 is 2.62 bits per heavy atom. The van der Waals surface area contributed by atoms with E-state index in [1.807, 2.05) is 20.0 Å². The Morgan fingerprint density at radius 2 is 2.12 bits per heavy atom. The summed E-state index contributed by atoms with van der Waals surface area (Å²) in [5.74, 6) is 0. The number of nitrogens with zero attached hydrogens (tertiary/aromatic N) is 2. The lowest BCUT2D eigenvalue weighted by Crippen LogP contribution is -2.21. The molecule has 1 aromatic heterocycles. The van der Waals surface area contributed by atoms with Gasteiger partial charge in [0.15, 0.2) is 0 Å². The molecule has 0 saturated carbocycles. The van der Waals surface area contributed by atoms with Crippen LogP contribution in [0.4, 0.5) is 13.2 Å². The van der Waals surface area contributed by atoms with Crippen LogP contribution in [0.25, 0.3) is 0 Å². The van der Waals surface area contributed by atoms with Crippen LogP contribution in [-0.4, -0.2) is 22.5 Å². The van der Waals surface area contributed by atoms with Gasteiger partial charge in [-0.25, -0.2) is 0 Å². The normalized spacial score (nSPS) is 12.4. The van der Waals surface area contributed by atoms with Gasteiger partial charge in [-0.15, -0.1) is 0 Å². The van der Waals surface area contributed by atoms with Crippen LogP contribution in [0.1, 0.15) is 31.9 Å². The highest BCUT2D eigenvalue weighted by molar-refractivity contribution is 5.03. The van der Waals surface area contributed by atoms with Gasteiger partial charge in [0.05, 0.1) is 12.6 Å². The fourth-order valence-corrected chi connectivity index (χ4v) is 1.21. The third-order valence-electron chi connectivity index (χ3n) is 2.10. The lowest BCUT2D eigenvalue weighted by molar-refractivity contribution is -0.133. The van der Waals surface area contributed by atoms with Crippen LogP contribution in [0.2, 0.25) is 0 Å². The summed E-state index contributed by atoms with van der Waals surface area (Å²) in [5.41, 5.74) is 0.899. The van der Waals surface area contributed by atoms with Gasteiger partial charge in [0.1, 0.15) is 0 Å². The molecule has 92 valence electrons. The highest BCUT2D eigenvalue weighted by Gasteiger charge is 2.25. The molecule has 1 N–H and O–H groups in total. The predicted molar refractivity (Wildman–Crippen MR) is 55.0 cm³/mol. The van der Waals surface area contributed by atoms with Crippen LogP contribution in [0, 0.1) is 0 Å². The zero-order chi connectivity index (χ0) is 12.2. The maximum atomic E-state index is 11.8. The van der Waals surface area contributed by atoms with Gasteiger partial charge in [-0.3, -0.25) is 4.68 Å². The molecule has 0 spiro atoms. The van der Waals surface area contributed by atoms with Gasteiger partial charge in [-0.2, -0.15) is 18.3 Å². The summed E-state index contributed by atoms with van der Waals surface area (Å²) in [6.07, 6.45) is -1.38. The minimum atomic E-state index is -4.09. The van der Waals surface area contributed by atoms with Crippen LogP contribution in [0.5, 0.6) is 0 Å². The molecule has 0 amide bonds. The lowest BCUT2D eigenvalue weighted by Gasteiger charge is -2.06. The van der Waals surface area contributed by atoms with Crippen molar-refractivity contribution in [2.45, 2.75) is 39.0 Å². The van der Waals surface area contributed by atoms with Crippen LogP contribution in [0.3, 0.4) is 0 Å². The van der Waals surface area contributed by atoms with E-state index in [9.17, 15) is 13.2 Å². The molecule has 1 aromatic rings. The molecule has 0 radical (unpaired) electrons. The molecule has 0 aliphatic carbocycles. The van der Waals surface area contributed by atoms with Crippen molar-refractivity contribution in [2.75, 3.05) is 6.54 Å². The Kier molecular flexibility index (Phi) is 4.35. The predicted octanol–water partition coefficient (Wildman–Crippen LogP) is 2.51. The second-order valence-electron chi connectivity index (χ2n) is 3.96. The van der Waals surface area contributed by atoms with Crippen molar-refractivity contribution in [2.24, 2.45) is 0 Å². The summed E-state index contributed by atoms with van der Waals surface area (Å²) < 4.78 is 37.3. The summed E-state index contributed by atoms with van der Waals surface area (Å²) in [6.45, 7) is 4.35. The van der Waals surface area contributed by atoms with E-state index < -0.39 is 12.6 Å². The van der Waals surface area contributed by atoms with Crippen molar-refractivity contribution in [3.8, 4) is 0 Å². The van der Waals surface area contributed by atoms with E-state index >= 15 is 0 Å². The van der Waals surface area contributed by atoms with Crippen LogP contribution < -0.4 is 5.32 Å². The van der Waals surface area contributed by atoms with Gasteiger partial charge in [0.25, 0.3) is 0 Å². The average Bonchev–Trinajstić information content (AvgIpc) is 2.59. The summed E-state index contributed by atoms with van der Waals surface area (Å²) >= 11 is 0. The fourth-order valence-electron chi connectivity index (χ4n) is 1.21. The van der Waals surface area contributed by atoms with E-state index in [2.05, 4.69) is 10.4 Å². The van der Waals surface area contributed by atoms with E-state index in [1.165, 1.54) is 0 Å². The number of hydrogen-bond acceptors (Lipinski definition) is 2. The Balaban J connectivity index is 2.27. The van der Waals surface area contributed by atoms with Crippen molar-refractivity contribution in [1.29, 1.82) is 0 Å². The SMILES string of the molecule is CC(C)n1cc(CNCCC(F)(F)F)cn1. The Bertz CT molecular complexity index is 317. The first-order valence-electron chi connectivity index (χ1n) is 5.19. The van der Waals surface area contributed by atoms with Crippen molar-refractivity contribution < 1.29 is 13.2 Å². The van der Waals surface area contributed by atoms with Gasteiger partial charge < -0.3 is 5.32 Å². The topological polar surface area (TPSA) is 29.9 Å². The molecule has 0 atom stereocenters. The molecular formula is C10H16F3N3. The molecule has 0 fully saturated rings. The summed E-state index contributed by atoms with van der Waals surface area (Å²) in [4.78, 5) is 0. The van der Waals surface area contributed by atoms with Gasteiger partial charge in [0, 0.05) is 30.9 Å². The Labute approximate surface area is 92.6 Å². The molecule has 0 aliphatic heterocycles. The number of nitrogens with one attached hydrogen (secondary N) is 1. The Morgan fingerprint density at radius 1 is 1.44 bits per heavy atom. The van der Waals surface area contributed by atoms with Crippen molar-refractivity contribution in [3.05, 3.63) is 18.0 Å². The van der Waals surface area contributed by atoms with Gasteiger partial charge in [0.2, 0.25) is 0 Å². The zero-order valence-electron chi connectivity index (χ0n) is 9.38. The standard InChI is InChI=1S/C10H16F3N3/c1-8(2)16-7-9(6-15-16)5-14-4-3-10(11,12)13/h6-8,14H,3-5H2,1-2H3. The minimum absolute atomic E-state index is 0.0592. The van der Waals surface area contributed by atoms with Crippen LogP contribution in [0.15, 0.2) is 12.4 Å². The number of hydrogen-bond donors (Lipinski definition) is 1. The molecule has 3 nitrogen and oxygen atoms in total. The highest BCUT2D eigenvalue weighted by atomic mass is 19.4. The van der Waals surface area contributed by atoms with E-state index in [0.29, 0.717) is 6.54 Å². The molecule has 0 unspecified atom stereocenters. The first-order valence-corrected chi connectivity index (χ1v) is 5.19. The minimum Gasteiger partial charge on any atom is -0.312 e. The molecule has 1 rings (SSSR count). The lowest BCUT2D eigenvalue weighted by atomic mass is 10.3. The van der Waals surface area contributed by atoms with Crippen molar-refractivity contribution >= 4 is 0 Å². The number of aromatic nitrogens is 2. The first kappa shape index (κ1) is 13.0. The average molecular weight is 235 g/mol. The Hall–Kier alpha value is -1.04. The maximum Gasteiger partial charge on any atom is 0.390 e. The quantitative estimate of drug-likeness (QED) is 0.795. The fraction of sp³-hybridized carbons (Fsp3) is 0.700. The monoisotopic (exact) mass is 235 g/mol. The third-order valence-corrected chi connectivity index (χ3v) is 2.10. The summed E-state index contributed by atoms with van der Waals surface area (Å²) in [7, 11) is 0. The molecule has 0 saturated heterocycles. The number of halogens is 3. The third kappa shape index (κ3) is 4.65. The largest absolute Gasteiger partial charge is 0.390 e. The van der Waals surface area contributed by atoms with Gasteiger partial charge in [-0.05, 0) is 13.8 Å². The molecule has 0 aromatic carbocycles. The van der Waals surface area contributed by atoms with E-state index in [0.717, 1.165) is 5.56 Å². The molecule has 0 aliphatic rings. The maximum absolute atomic E-state index is 11.8. The van der Waals surface area contributed by atoms with Crippen LogP contribution >= 0.6 is 0 Å². The first-order chi connectivity index (χ1) is 7.38. The smallest absolute Gasteiger partial charge is 0.312 e. The van der Waals surface area contributed by atoms with Crippen molar-refractivity contribution in [1.82, 2.24) is 15.1 Å². The molecule has 16 heavy (non-hydrogen) atoms. The molecule has 0 bridgehead atoms. The zero-order valence-corrected chi connectivity index (χ0v) is 9.38. The molecule has 6 heteroatoms. The molecular weight excluding hydrogens is 219 g/mol. The summed E-state index contributed by atoms with van der Waals surface area (Å²) in [5, 5.41) is 6.83. The molecule has 1 heterocycles. The second-order valence-corrected chi connectivity index (χ2v) is 3.96. The number of rotatable bonds is 5. The van der Waals surface area contributed by atoms with Crippen molar-refractivity contribution in [3.63, 3.8) is 0 Å².